The van der Waals surface area contributed by atoms with Crippen molar-refractivity contribution < 1.29 is 27.1 Å². The molecule has 1 aliphatic rings. The van der Waals surface area contributed by atoms with E-state index >= 15 is 0 Å². The van der Waals surface area contributed by atoms with Crippen molar-refractivity contribution in [3.63, 3.8) is 0 Å². The summed E-state index contributed by atoms with van der Waals surface area (Å²) in [7, 11) is -2.70. The van der Waals surface area contributed by atoms with Crippen LogP contribution in [0.5, 0.6) is 5.75 Å². The van der Waals surface area contributed by atoms with Gasteiger partial charge in [0.2, 0.25) is 5.91 Å². The van der Waals surface area contributed by atoms with Gasteiger partial charge in [-0.15, -0.1) is 0 Å². The molecule has 33 heavy (non-hydrogen) atoms. The first-order valence-corrected chi connectivity index (χ1v) is 11.4. The van der Waals surface area contributed by atoms with Gasteiger partial charge in [-0.3, -0.25) is 9.69 Å². The van der Waals surface area contributed by atoms with Gasteiger partial charge in [0, 0.05) is 6.54 Å². The molecule has 10 heteroatoms. The molecule has 3 aromatic carbocycles. The summed E-state index contributed by atoms with van der Waals surface area (Å²) in [6, 6.07) is 16.6. The van der Waals surface area contributed by atoms with Gasteiger partial charge < -0.3 is 10.1 Å². The lowest BCUT2D eigenvalue weighted by Gasteiger charge is -2.35. The lowest BCUT2D eigenvalue weighted by molar-refractivity contribution is -0.119. The van der Waals surface area contributed by atoms with Gasteiger partial charge in [0.05, 0.1) is 18.5 Å². The molecule has 4 rings (SSSR count). The molecule has 170 valence electrons. The largest absolute Gasteiger partial charge is 0.497 e. The van der Waals surface area contributed by atoms with Crippen LogP contribution in [-0.4, -0.2) is 34.0 Å². The van der Waals surface area contributed by atoms with Crippen LogP contribution in [-0.2, 0) is 21.4 Å². The average Bonchev–Trinajstić information content (AvgIpc) is 2.82. The zero-order valence-electron chi connectivity index (χ0n) is 17.6. The summed E-state index contributed by atoms with van der Waals surface area (Å²) in [5, 5.41) is 2.73. The van der Waals surface area contributed by atoms with Gasteiger partial charge in [-0.25, -0.2) is 17.6 Å². The van der Waals surface area contributed by atoms with E-state index in [1.165, 1.54) is 30.3 Å². The number of halogens is 1. The molecule has 0 aromatic heterocycles. The minimum Gasteiger partial charge on any atom is -0.497 e. The van der Waals surface area contributed by atoms with Crippen LogP contribution >= 0.6 is 0 Å². The maximum Gasteiger partial charge on any atom is 0.343 e. The SMILES string of the molecule is COc1ccc(CNC(=O)CN2C(=O)N(c3ccc(F)cc3)S(=O)(=O)c3ccccc32)cc1. The number of methoxy groups -OCH3 is 1. The molecule has 1 heterocycles. The van der Waals surface area contributed by atoms with E-state index in [1.807, 2.05) is 0 Å². The first-order chi connectivity index (χ1) is 15.8. The van der Waals surface area contributed by atoms with Crippen molar-refractivity contribution in [2.75, 3.05) is 22.9 Å². The highest BCUT2D eigenvalue weighted by Gasteiger charge is 2.43. The molecular formula is C23H20FN3O5S. The zero-order valence-corrected chi connectivity index (χ0v) is 18.4. The Morgan fingerprint density at radius 2 is 1.67 bits per heavy atom. The Bertz CT molecular complexity index is 1290. The Balaban J connectivity index is 1.60. The summed E-state index contributed by atoms with van der Waals surface area (Å²) in [5.74, 6) is -0.370. The molecular weight excluding hydrogens is 449 g/mol. The van der Waals surface area contributed by atoms with E-state index in [1.54, 1.807) is 37.4 Å². The summed E-state index contributed by atoms with van der Waals surface area (Å²) in [6.45, 7) is -0.189. The third kappa shape index (κ3) is 4.37. The summed E-state index contributed by atoms with van der Waals surface area (Å²) < 4.78 is 45.4. The van der Waals surface area contributed by atoms with Crippen LogP contribution in [0.25, 0.3) is 0 Å². The number of nitrogens with one attached hydrogen (secondary N) is 1. The molecule has 0 bridgehead atoms. The molecule has 1 N–H and O–H groups in total. The lowest BCUT2D eigenvalue weighted by atomic mass is 10.2. The average molecular weight is 469 g/mol. The molecule has 0 spiro atoms. The first kappa shape index (κ1) is 22.3. The van der Waals surface area contributed by atoms with Crippen LogP contribution in [0, 0.1) is 5.82 Å². The first-order valence-electron chi connectivity index (χ1n) is 9.92. The van der Waals surface area contributed by atoms with E-state index in [4.69, 9.17) is 4.74 Å². The number of ether oxygens (including phenoxy) is 1. The molecule has 0 unspecified atom stereocenters. The van der Waals surface area contributed by atoms with Crippen molar-refractivity contribution >= 4 is 33.3 Å². The van der Waals surface area contributed by atoms with Crippen molar-refractivity contribution in [1.29, 1.82) is 0 Å². The van der Waals surface area contributed by atoms with E-state index < -0.39 is 34.3 Å². The van der Waals surface area contributed by atoms with E-state index in [2.05, 4.69) is 5.32 Å². The second kappa shape index (κ2) is 8.91. The van der Waals surface area contributed by atoms with Crippen molar-refractivity contribution in [3.8, 4) is 5.75 Å². The topological polar surface area (TPSA) is 96.0 Å². The van der Waals surface area contributed by atoms with Gasteiger partial charge in [-0.05, 0) is 54.1 Å². The van der Waals surface area contributed by atoms with Crippen molar-refractivity contribution in [3.05, 3.63) is 84.2 Å². The van der Waals surface area contributed by atoms with E-state index in [-0.39, 0.29) is 22.8 Å². The number of urea groups is 1. The summed E-state index contributed by atoms with van der Waals surface area (Å²) in [6.07, 6.45) is 0. The van der Waals surface area contributed by atoms with E-state index in [0.717, 1.165) is 22.6 Å². The number of fused-ring (bicyclic) bond motifs is 1. The highest BCUT2D eigenvalue weighted by Crippen LogP contribution is 2.36. The molecule has 8 nitrogen and oxygen atoms in total. The Hall–Kier alpha value is -3.92. The number of carbonyl (C=O) groups is 2. The number of carbonyl (C=O) groups excluding carboxylic acids is 2. The maximum atomic E-state index is 13.4. The number of rotatable bonds is 6. The van der Waals surface area contributed by atoms with E-state index in [0.29, 0.717) is 10.1 Å². The zero-order chi connectivity index (χ0) is 23.6. The minimum atomic E-state index is -4.25. The Labute approximate surface area is 190 Å². The third-order valence-electron chi connectivity index (χ3n) is 5.09. The Kier molecular flexibility index (Phi) is 6.01. The number of nitrogens with zero attached hydrogens (tertiary/aromatic N) is 2. The standard InChI is InChI=1S/C23H20FN3O5S/c1-32-19-12-6-16(7-13-19)14-25-22(28)15-26-20-4-2-3-5-21(20)33(30,31)27(23(26)29)18-10-8-17(24)9-11-18/h2-13H,14-15H2,1H3,(H,25,28). The summed E-state index contributed by atoms with van der Waals surface area (Å²) in [4.78, 5) is 26.9. The summed E-state index contributed by atoms with van der Waals surface area (Å²) >= 11 is 0. The molecule has 0 atom stereocenters. The molecule has 3 aromatic rings. The van der Waals surface area contributed by atoms with Gasteiger partial charge in [-0.1, -0.05) is 24.3 Å². The fourth-order valence-corrected chi connectivity index (χ4v) is 5.03. The van der Waals surface area contributed by atoms with E-state index in [9.17, 15) is 22.4 Å². The van der Waals surface area contributed by atoms with Gasteiger partial charge in [0.15, 0.2) is 0 Å². The second-order valence-corrected chi connectivity index (χ2v) is 8.96. The fraction of sp³-hybridized carbons (Fsp3) is 0.130. The Morgan fingerprint density at radius 3 is 2.33 bits per heavy atom. The highest BCUT2D eigenvalue weighted by molar-refractivity contribution is 7.94. The fourth-order valence-electron chi connectivity index (χ4n) is 3.43. The molecule has 0 aliphatic carbocycles. The van der Waals surface area contributed by atoms with Crippen molar-refractivity contribution in [2.24, 2.45) is 0 Å². The molecule has 0 saturated heterocycles. The molecule has 1 aliphatic heterocycles. The van der Waals surface area contributed by atoms with Crippen molar-refractivity contribution in [2.45, 2.75) is 11.4 Å². The number of benzene rings is 3. The quantitative estimate of drug-likeness (QED) is 0.598. The summed E-state index contributed by atoms with van der Waals surface area (Å²) in [5.41, 5.74) is 0.894. The molecule has 0 saturated carbocycles. The van der Waals surface area contributed by atoms with Crippen LogP contribution < -0.4 is 19.3 Å². The van der Waals surface area contributed by atoms with Gasteiger partial charge in [0.25, 0.3) is 10.0 Å². The number of para-hydroxylation sites is 1. The Morgan fingerprint density at radius 1 is 1.00 bits per heavy atom. The highest BCUT2D eigenvalue weighted by atomic mass is 32.2. The molecule has 0 fully saturated rings. The third-order valence-corrected chi connectivity index (χ3v) is 6.84. The smallest absolute Gasteiger partial charge is 0.343 e. The minimum absolute atomic E-state index is 0.0282. The van der Waals surface area contributed by atoms with Crippen LogP contribution in [0.2, 0.25) is 0 Å². The second-order valence-electron chi connectivity index (χ2n) is 7.21. The monoisotopic (exact) mass is 469 g/mol. The van der Waals surface area contributed by atoms with Crippen LogP contribution in [0.1, 0.15) is 5.56 Å². The van der Waals surface area contributed by atoms with Crippen LogP contribution in [0.3, 0.4) is 0 Å². The number of hydrogen-bond donors (Lipinski definition) is 1. The van der Waals surface area contributed by atoms with Crippen molar-refractivity contribution in [1.82, 2.24) is 5.32 Å². The maximum absolute atomic E-state index is 13.4. The van der Waals surface area contributed by atoms with Gasteiger partial charge >= 0.3 is 6.03 Å². The molecule has 3 amide bonds. The number of hydrogen-bond acceptors (Lipinski definition) is 5. The number of amides is 3. The number of anilines is 2. The van der Waals surface area contributed by atoms with Crippen LogP contribution in [0.15, 0.2) is 77.7 Å². The predicted octanol–water partition coefficient (Wildman–Crippen LogP) is 3.29. The van der Waals surface area contributed by atoms with Gasteiger partial charge in [0.1, 0.15) is 23.0 Å². The normalized spacial score (nSPS) is 14.5. The predicted molar refractivity (Wildman–Crippen MR) is 120 cm³/mol. The molecule has 0 radical (unpaired) electrons. The van der Waals surface area contributed by atoms with Gasteiger partial charge in [-0.2, -0.15) is 4.31 Å². The van der Waals surface area contributed by atoms with Crippen LogP contribution in [0.4, 0.5) is 20.6 Å². The lowest BCUT2D eigenvalue weighted by Crippen LogP contribution is -2.53. The number of sulfonamides is 1.